The van der Waals surface area contributed by atoms with Crippen LogP contribution in [0.4, 0.5) is 5.69 Å². The Kier molecular flexibility index (Phi) is 2.92. The molecule has 1 heterocycles. The molecule has 2 bridgehead atoms. The van der Waals surface area contributed by atoms with Crippen LogP contribution < -0.4 is 10.2 Å². The molecular formula is C18H13N3O6-2. The van der Waals surface area contributed by atoms with Crippen LogP contribution >= 0.6 is 0 Å². The summed E-state index contributed by atoms with van der Waals surface area (Å²) in [7, 11) is 0. The highest BCUT2D eigenvalue weighted by Crippen LogP contribution is 2.73. The molecule has 4 atom stereocenters. The van der Waals surface area contributed by atoms with Crippen molar-refractivity contribution in [3.05, 3.63) is 40.0 Å². The van der Waals surface area contributed by atoms with E-state index in [1.165, 1.54) is 0 Å². The first-order valence-electron chi connectivity index (χ1n) is 8.62. The van der Waals surface area contributed by atoms with Crippen LogP contribution in [0, 0.1) is 39.2 Å². The molecule has 0 radical (unpaired) electrons. The summed E-state index contributed by atoms with van der Waals surface area (Å²) in [4.78, 5) is 35.5. The molecule has 2 saturated carbocycles. The van der Waals surface area contributed by atoms with Crippen LogP contribution in [0.3, 0.4) is 0 Å². The van der Waals surface area contributed by atoms with Gasteiger partial charge in [0.15, 0.2) is 0 Å². The van der Waals surface area contributed by atoms with E-state index in [2.05, 4.69) is 5.10 Å². The first kappa shape index (κ1) is 16.0. The third-order valence-electron chi connectivity index (χ3n) is 6.43. The molecule has 4 aliphatic rings. The number of hydrogen-bond donors (Lipinski definition) is 0. The second-order valence-corrected chi connectivity index (χ2v) is 7.57. The predicted octanol–water partition coefficient (Wildman–Crippen LogP) is 0.273. The van der Waals surface area contributed by atoms with Crippen LogP contribution in [0.15, 0.2) is 29.4 Å². The van der Waals surface area contributed by atoms with Gasteiger partial charge in [0.2, 0.25) is 0 Å². The average Bonchev–Trinajstić information content (AvgIpc) is 3.21. The Labute approximate surface area is 152 Å². The number of nitrogens with zero attached hydrogens (tertiary/aromatic N) is 3. The van der Waals surface area contributed by atoms with Crippen molar-refractivity contribution in [3.63, 3.8) is 0 Å². The average molecular weight is 367 g/mol. The fourth-order valence-corrected chi connectivity index (χ4v) is 5.11. The highest BCUT2D eigenvalue weighted by atomic mass is 16.6. The lowest BCUT2D eigenvalue weighted by atomic mass is 9.85. The largest absolute Gasteiger partial charge is 0.872 e. The van der Waals surface area contributed by atoms with E-state index in [4.69, 9.17) is 0 Å². The minimum atomic E-state index is -0.998. The van der Waals surface area contributed by atoms with Gasteiger partial charge in [0.1, 0.15) is 0 Å². The van der Waals surface area contributed by atoms with Gasteiger partial charge in [-0.3, -0.25) is 19.7 Å². The van der Waals surface area contributed by atoms with Crippen molar-refractivity contribution in [2.45, 2.75) is 12.8 Å². The van der Waals surface area contributed by atoms with Gasteiger partial charge in [0, 0.05) is 6.07 Å². The number of nitro benzene ring substituents is 1. The number of amides is 2. The maximum atomic E-state index is 12.8. The van der Waals surface area contributed by atoms with Crippen LogP contribution in [0.5, 0.6) is 11.5 Å². The second-order valence-electron chi connectivity index (χ2n) is 7.57. The fourth-order valence-electron chi connectivity index (χ4n) is 5.11. The van der Waals surface area contributed by atoms with E-state index >= 15 is 0 Å². The van der Waals surface area contributed by atoms with Gasteiger partial charge in [-0.2, -0.15) is 10.1 Å². The molecule has 138 valence electrons. The molecule has 9 heteroatoms. The molecule has 1 aromatic rings. The minimum absolute atomic E-state index is 0.0556. The van der Waals surface area contributed by atoms with Gasteiger partial charge in [-0.1, -0.05) is 18.2 Å². The molecule has 0 aromatic heterocycles. The second kappa shape index (κ2) is 4.93. The molecule has 1 saturated heterocycles. The molecule has 1 aliphatic heterocycles. The van der Waals surface area contributed by atoms with Crippen molar-refractivity contribution in [1.29, 1.82) is 0 Å². The van der Waals surface area contributed by atoms with Crippen molar-refractivity contribution >= 4 is 23.7 Å². The minimum Gasteiger partial charge on any atom is -0.872 e. The van der Waals surface area contributed by atoms with E-state index < -0.39 is 45.8 Å². The van der Waals surface area contributed by atoms with Gasteiger partial charge in [0.05, 0.1) is 23.0 Å². The summed E-state index contributed by atoms with van der Waals surface area (Å²) in [6.07, 6.45) is 7.05. The summed E-state index contributed by atoms with van der Waals surface area (Å²) in [6, 6.07) is 1.41. The lowest BCUT2D eigenvalue weighted by Crippen LogP contribution is -2.30. The van der Waals surface area contributed by atoms with E-state index in [-0.39, 0.29) is 22.8 Å². The topological polar surface area (TPSA) is 139 Å². The maximum Gasteiger partial charge on any atom is 0.262 e. The number of carbonyl (C=O) groups is 2. The SMILES string of the molecule is O=C1[C@@H]2[C@H](C(=O)N1/N=C\c1cc([N+](=O)[O-])c([O-])cc1[O-])[C@@H]1C=C[C@H]2C12CC2. The zero-order chi connectivity index (χ0) is 19.1. The van der Waals surface area contributed by atoms with E-state index in [0.29, 0.717) is 6.07 Å². The van der Waals surface area contributed by atoms with Crippen LogP contribution in [-0.4, -0.2) is 28.0 Å². The molecule has 1 aromatic carbocycles. The first-order chi connectivity index (χ1) is 12.8. The van der Waals surface area contributed by atoms with Crippen molar-refractivity contribution in [3.8, 4) is 11.5 Å². The first-order valence-corrected chi connectivity index (χ1v) is 8.62. The number of fused-ring (bicyclic) bond motifs is 3. The number of imide groups is 1. The van der Waals surface area contributed by atoms with E-state index in [0.717, 1.165) is 30.1 Å². The quantitative estimate of drug-likeness (QED) is 0.247. The molecule has 3 aliphatic carbocycles. The number of benzene rings is 1. The van der Waals surface area contributed by atoms with Crippen LogP contribution in [0.2, 0.25) is 0 Å². The highest BCUT2D eigenvalue weighted by molar-refractivity contribution is 6.07. The number of rotatable bonds is 3. The highest BCUT2D eigenvalue weighted by Gasteiger charge is 2.73. The predicted molar refractivity (Wildman–Crippen MR) is 86.2 cm³/mol. The van der Waals surface area contributed by atoms with Crippen LogP contribution in [0.1, 0.15) is 18.4 Å². The van der Waals surface area contributed by atoms with E-state index in [9.17, 15) is 29.9 Å². The maximum absolute atomic E-state index is 12.8. The van der Waals surface area contributed by atoms with E-state index in [1.807, 2.05) is 12.2 Å². The Bertz CT molecular complexity index is 946. The van der Waals surface area contributed by atoms with Crippen molar-refractivity contribution in [2.24, 2.45) is 34.2 Å². The fraction of sp³-hybridized carbons (Fsp3) is 0.389. The molecule has 3 fully saturated rings. The zero-order valence-electron chi connectivity index (χ0n) is 13.9. The zero-order valence-corrected chi connectivity index (χ0v) is 13.9. The van der Waals surface area contributed by atoms with Gasteiger partial charge in [-0.05, 0) is 41.4 Å². The Balaban J connectivity index is 1.45. The molecule has 5 rings (SSSR count). The lowest BCUT2D eigenvalue weighted by molar-refractivity contribution is -0.398. The standard InChI is InChI=1S/C18H15N3O6/c22-12-6-13(23)11(21(26)27)5-8(12)7-19-20-16(24)14-9-1-2-10(15(14)17(20)25)18(9)3-4-18/h1-2,5-7,9-10,14-15,22-23H,3-4H2/p-2/b19-7-/t9-,10+,14+,15-. The lowest BCUT2D eigenvalue weighted by Gasteiger charge is -2.19. The van der Waals surface area contributed by atoms with E-state index in [1.54, 1.807) is 0 Å². The molecule has 0 N–H and O–H groups in total. The third kappa shape index (κ3) is 1.91. The Morgan fingerprint density at radius 2 is 1.67 bits per heavy atom. The Morgan fingerprint density at radius 1 is 1.07 bits per heavy atom. The van der Waals surface area contributed by atoms with Gasteiger partial charge < -0.3 is 10.2 Å². The molecule has 1 spiro atoms. The van der Waals surface area contributed by atoms with Crippen molar-refractivity contribution in [1.82, 2.24) is 5.01 Å². The molecule has 9 nitrogen and oxygen atoms in total. The summed E-state index contributed by atoms with van der Waals surface area (Å²) in [5.74, 6) is -3.28. The normalized spacial score (nSPS) is 32.1. The monoisotopic (exact) mass is 367 g/mol. The Morgan fingerprint density at radius 3 is 2.19 bits per heavy atom. The molecule has 27 heavy (non-hydrogen) atoms. The molecule has 2 amide bonds. The van der Waals surface area contributed by atoms with Crippen molar-refractivity contribution < 1.29 is 24.7 Å². The van der Waals surface area contributed by atoms with Gasteiger partial charge in [0.25, 0.3) is 17.5 Å². The summed E-state index contributed by atoms with van der Waals surface area (Å²) >= 11 is 0. The number of hydrogen-bond acceptors (Lipinski definition) is 7. The van der Waals surface area contributed by atoms with Crippen LogP contribution in [-0.2, 0) is 9.59 Å². The molecule has 0 unspecified atom stereocenters. The number of hydrazone groups is 1. The summed E-state index contributed by atoms with van der Waals surface area (Å²) in [6.45, 7) is 0. The van der Waals surface area contributed by atoms with Gasteiger partial charge in [-0.25, -0.2) is 0 Å². The number of nitro groups is 1. The third-order valence-corrected chi connectivity index (χ3v) is 6.43. The summed E-state index contributed by atoms with van der Waals surface area (Å²) < 4.78 is 0. The Hall–Kier alpha value is -3.23. The van der Waals surface area contributed by atoms with Gasteiger partial charge >= 0.3 is 0 Å². The molecular weight excluding hydrogens is 354 g/mol. The van der Waals surface area contributed by atoms with Crippen molar-refractivity contribution in [2.75, 3.05) is 0 Å². The summed E-state index contributed by atoms with van der Waals surface area (Å²) in [5.41, 5.74) is -0.910. The number of allylic oxidation sites excluding steroid dienone is 2. The van der Waals surface area contributed by atoms with Gasteiger partial charge in [-0.15, -0.1) is 5.75 Å². The smallest absolute Gasteiger partial charge is 0.262 e. The summed E-state index contributed by atoms with van der Waals surface area (Å²) in [5, 5.41) is 38.8. The number of carbonyl (C=O) groups excluding carboxylic acids is 2. The van der Waals surface area contributed by atoms with Crippen LogP contribution in [0.25, 0.3) is 0 Å².